The van der Waals surface area contributed by atoms with Gasteiger partial charge in [-0.15, -0.1) is 0 Å². The van der Waals surface area contributed by atoms with Gasteiger partial charge >= 0.3 is 0 Å². The molecule has 5 nitrogen and oxygen atoms in total. The van der Waals surface area contributed by atoms with Crippen LogP contribution in [-0.2, 0) is 0 Å². The van der Waals surface area contributed by atoms with E-state index in [9.17, 15) is 4.79 Å². The number of nitrogens with one attached hydrogen (secondary N) is 1. The van der Waals surface area contributed by atoms with E-state index >= 15 is 0 Å². The van der Waals surface area contributed by atoms with Gasteiger partial charge in [0.1, 0.15) is 5.82 Å². The van der Waals surface area contributed by atoms with Crippen molar-refractivity contribution in [1.29, 1.82) is 0 Å². The third-order valence-electron chi connectivity index (χ3n) is 2.75. The Balaban J connectivity index is 2.26. The monoisotopic (exact) mass is 384 g/mol. The number of carbonyl (C=O) groups is 1. The Morgan fingerprint density at radius 1 is 1.41 bits per heavy atom. The van der Waals surface area contributed by atoms with E-state index in [0.717, 1.165) is 0 Å². The summed E-state index contributed by atoms with van der Waals surface area (Å²) in [7, 11) is 1.52. The lowest BCUT2D eigenvalue weighted by molar-refractivity contribution is 0.102. The molecule has 0 unspecified atom stereocenters. The molecule has 0 radical (unpaired) electrons. The van der Waals surface area contributed by atoms with Crippen LogP contribution in [-0.4, -0.2) is 24.6 Å². The van der Waals surface area contributed by atoms with Crippen LogP contribution in [0, 0.1) is 0 Å². The van der Waals surface area contributed by atoms with Gasteiger partial charge in [0, 0.05) is 11.8 Å². The van der Waals surface area contributed by atoms with Crippen molar-refractivity contribution in [2.24, 2.45) is 0 Å². The second-order valence-corrected chi connectivity index (χ2v) is 5.53. The molecule has 0 spiro atoms. The van der Waals surface area contributed by atoms with Crippen LogP contribution in [0.1, 0.15) is 17.3 Å². The molecule has 2 aromatic rings. The lowest BCUT2D eigenvalue weighted by Crippen LogP contribution is -2.13. The van der Waals surface area contributed by atoms with E-state index < -0.39 is 0 Å². The van der Waals surface area contributed by atoms with E-state index in [1.165, 1.54) is 13.3 Å². The predicted molar refractivity (Wildman–Crippen MR) is 89.1 cm³/mol. The molecule has 2 rings (SSSR count). The Morgan fingerprint density at radius 2 is 2.18 bits per heavy atom. The van der Waals surface area contributed by atoms with Gasteiger partial charge in [-0.05, 0) is 47.1 Å². The molecule has 1 N–H and O–H groups in total. The zero-order chi connectivity index (χ0) is 16.1. The predicted octanol–water partition coefficient (Wildman–Crippen LogP) is 4.16. The van der Waals surface area contributed by atoms with Crippen LogP contribution in [0.4, 0.5) is 5.82 Å². The van der Waals surface area contributed by atoms with E-state index in [1.807, 2.05) is 6.92 Å². The smallest absolute Gasteiger partial charge is 0.256 e. The van der Waals surface area contributed by atoms with Crippen molar-refractivity contribution in [2.45, 2.75) is 6.92 Å². The lowest BCUT2D eigenvalue weighted by Gasteiger charge is -2.13. The molecule has 0 atom stereocenters. The minimum atomic E-state index is -0.308. The van der Waals surface area contributed by atoms with Gasteiger partial charge in [-0.2, -0.15) is 0 Å². The first kappa shape index (κ1) is 16.6. The first-order valence-electron chi connectivity index (χ1n) is 6.48. The highest BCUT2D eigenvalue weighted by Crippen LogP contribution is 2.36. The minimum absolute atomic E-state index is 0.308. The van der Waals surface area contributed by atoms with E-state index in [1.54, 1.807) is 24.3 Å². The molecule has 0 fully saturated rings. The van der Waals surface area contributed by atoms with Crippen LogP contribution < -0.4 is 14.8 Å². The number of pyridine rings is 1. The number of hydrogen-bond acceptors (Lipinski definition) is 4. The fourth-order valence-electron chi connectivity index (χ4n) is 1.77. The van der Waals surface area contributed by atoms with Gasteiger partial charge < -0.3 is 14.8 Å². The van der Waals surface area contributed by atoms with Gasteiger partial charge in [0.2, 0.25) is 0 Å². The van der Waals surface area contributed by atoms with E-state index in [-0.39, 0.29) is 5.91 Å². The molecular weight excluding hydrogens is 372 g/mol. The standard InChI is InChI=1S/C15H14BrClN2O3/c1-3-22-14-11(16)6-9(7-12(14)21-2)15(20)19-13-5-4-10(17)8-18-13/h4-8H,3H2,1-2H3,(H,18,19,20). The van der Waals surface area contributed by atoms with E-state index in [4.69, 9.17) is 21.1 Å². The molecule has 1 heterocycles. The quantitative estimate of drug-likeness (QED) is 0.839. The van der Waals surface area contributed by atoms with Crippen molar-refractivity contribution in [1.82, 2.24) is 4.98 Å². The highest BCUT2D eigenvalue weighted by atomic mass is 79.9. The number of hydrogen-bond donors (Lipinski definition) is 1. The van der Waals surface area contributed by atoms with Crippen LogP contribution in [0.2, 0.25) is 5.02 Å². The fourth-order valence-corrected chi connectivity index (χ4v) is 2.44. The van der Waals surface area contributed by atoms with Crippen molar-refractivity contribution < 1.29 is 14.3 Å². The van der Waals surface area contributed by atoms with Crippen molar-refractivity contribution in [3.05, 3.63) is 45.5 Å². The molecule has 0 aliphatic rings. The van der Waals surface area contributed by atoms with Crippen molar-refractivity contribution in [3.8, 4) is 11.5 Å². The van der Waals surface area contributed by atoms with Crippen molar-refractivity contribution in [3.63, 3.8) is 0 Å². The van der Waals surface area contributed by atoms with Gasteiger partial charge in [0.05, 0.1) is 23.2 Å². The molecule has 7 heteroatoms. The molecule has 0 bridgehead atoms. The summed E-state index contributed by atoms with van der Waals surface area (Å²) in [5.41, 5.74) is 0.420. The highest BCUT2D eigenvalue weighted by Gasteiger charge is 2.15. The molecule has 1 amide bonds. The van der Waals surface area contributed by atoms with E-state index in [0.29, 0.717) is 39.0 Å². The number of carbonyl (C=O) groups excluding carboxylic acids is 1. The van der Waals surface area contributed by atoms with Gasteiger partial charge in [0.15, 0.2) is 11.5 Å². The molecule has 1 aromatic carbocycles. The van der Waals surface area contributed by atoms with Crippen molar-refractivity contribution >= 4 is 39.3 Å². The zero-order valence-corrected chi connectivity index (χ0v) is 14.4. The van der Waals surface area contributed by atoms with Crippen LogP contribution >= 0.6 is 27.5 Å². The summed E-state index contributed by atoms with van der Waals surface area (Å²) < 4.78 is 11.4. The number of anilines is 1. The molecule has 0 aliphatic heterocycles. The van der Waals surface area contributed by atoms with Gasteiger partial charge in [0.25, 0.3) is 5.91 Å². The first-order chi connectivity index (χ1) is 10.5. The first-order valence-corrected chi connectivity index (χ1v) is 7.65. The third kappa shape index (κ3) is 3.90. The molecule has 1 aromatic heterocycles. The van der Waals surface area contributed by atoms with Crippen LogP contribution in [0.15, 0.2) is 34.9 Å². The molecule has 0 saturated carbocycles. The third-order valence-corrected chi connectivity index (χ3v) is 3.56. The summed E-state index contributed by atoms with van der Waals surface area (Å²) in [5, 5.41) is 3.19. The Morgan fingerprint density at radius 3 is 2.77 bits per heavy atom. The number of rotatable bonds is 5. The van der Waals surface area contributed by atoms with Gasteiger partial charge in [-0.3, -0.25) is 4.79 Å². The average Bonchev–Trinajstić information content (AvgIpc) is 2.51. The molecule has 22 heavy (non-hydrogen) atoms. The number of nitrogens with zero attached hydrogens (tertiary/aromatic N) is 1. The Kier molecular flexibility index (Phi) is 5.63. The van der Waals surface area contributed by atoms with Crippen molar-refractivity contribution in [2.75, 3.05) is 19.0 Å². The SMILES string of the molecule is CCOc1c(Br)cc(C(=O)Nc2ccc(Cl)cn2)cc1OC. The number of ether oxygens (including phenoxy) is 2. The number of aromatic nitrogens is 1. The summed E-state index contributed by atoms with van der Waals surface area (Å²) in [6.07, 6.45) is 1.46. The Labute approximate surface area is 141 Å². The maximum Gasteiger partial charge on any atom is 0.256 e. The normalized spacial score (nSPS) is 10.2. The number of amides is 1. The lowest BCUT2D eigenvalue weighted by atomic mass is 10.2. The summed E-state index contributed by atoms with van der Waals surface area (Å²) in [4.78, 5) is 16.3. The van der Waals surface area contributed by atoms with Gasteiger partial charge in [-0.25, -0.2) is 4.98 Å². The maximum absolute atomic E-state index is 12.3. The molecule has 116 valence electrons. The largest absolute Gasteiger partial charge is 0.493 e. The number of benzene rings is 1. The van der Waals surface area contributed by atoms with Crippen LogP contribution in [0.3, 0.4) is 0 Å². The number of halogens is 2. The highest BCUT2D eigenvalue weighted by molar-refractivity contribution is 9.10. The zero-order valence-electron chi connectivity index (χ0n) is 12.0. The van der Waals surface area contributed by atoms with Gasteiger partial charge in [-0.1, -0.05) is 11.6 Å². The average molecular weight is 386 g/mol. The fraction of sp³-hybridized carbons (Fsp3) is 0.200. The van der Waals surface area contributed by atoms with E-state index in [2.05, 4.69) is 26.2 Å². The van der Waals surface area contributed by atoms with Crippen LogP contribution in [0.5, 0.6) is 11.5 Å². The maximum atomic E-state index is 12.3. The minimum Gasteiger partial charge on any atom is -0.493 e. The topological polar surface area (TPSA) is 60.5 Å². The summed E-state index contributed by atoms with van der Waals surface area (Å²) in [6, 6.07) is 6.56. The molecular formula is C15H14BrClN2O3. The number of methoxy groups -OCH3 is 1. The Bertz CT molecular complexity index is 677. The molecule has 0 aliphatic carbocycles. The summed E-state index contributed by atoms with van der Waals surface area (Å²) in [6.45, 7) is 2.37. The summed E-state index contributed by atoms with van der Waals surface area (Å²) >= 11 is 9.15. The second-order valence-electron chi connectivity index (χ2n) is 4.24. The van der Waals surface area contributed by atoms with Crippen LogP contribution in [0.25, 0.3) is 0 Å². The molecule has 0 saturated heterocycles. The summed E-state index contributed by atoms with van der Waals surface area (Å²) in [5.74, 6) is 1.15. The Hall–Kier alpha value is -1.79. The second kappa shape index (κ2) is 7.47.